The first-order chi connectivity index (χ1) is 5.33. The highest BCUT2D eigenvalue weighted by atomic mass is 16.1. The molecule has 1 rings (SSSR count). The van der Waals surface area contributed by atoms with Gasteiger partial charge in [0.05, 0.1) is 0 Å². The number of rotatable bonds is 4. The number of nitrogens with one attached hydrogen (secondary N) is 1. The molecule has 0 saturated carbocycles. The average molecular weight is 155 g/mol. The number of carbonyl (C=O) groups is 1. The minimum absolute atomic E-state index is 0.242. The summed E-state index contributed by atoms with van der Waals surface area (Å²) in [5, 5.41) is 2.86. The van der Waals surface area contributed by atoms with Crippen molar-refractivity contribution in [2.75, 3.05) is 6.54 Å². The van der Waals surface area contributed by atoms with Crippen molar-refractivity contribution in [2.45, 2.75) is 39.0 Å². The third-order valence-corrected chi connectivity index (χ3v) is 2.28. The fourth-order valence-corrected chi connectivity index (χ4v) is 1.55. The molecule has 2 heteroatoms. The summed E-state index contributed by atoms with van der Waals surface area (Å²) in [6.07, 6.45) is 5.87. The summed E-state index contributed by atoms with van der Waals surface area (Å²) < 4.78 is 0. The van der Waals surface area contributed by atoms with E-state index in [9.17, 15) is 4.79 Å². The third kappa shape index (κ3) is 2.91. The second kappa shape index (κ2) is 4.37. The molecule has 0 spiro atoms. The predicted octanol–water partition coefficient (Wildman–Crippen LogP) is 1.70. The second-order valence-corrected chi connectivity index (χ2v) is 3.37. The summed E-state index contributed by atoms with van der Waals surface area (Å²) in [5.41, 5.74) is 0. The molecule has 2 nitrogen and oxygen atoms in total. The van der Waals surface area contributed by atoms with Gasteiger partial charge in [0.15, 0.2) is 0 Å². The van der Waals surface area contributed by atoms with E-state index in [-0.39, 0.29) is 5.91 Å². The third-order valence-electron chi connectivity index (χ3n) is 2.28. The molecule has 0 unspecified atom stereocenters. The van der Waals surface area contributed by atoms with Crippen LogP contribution in [0.3, 0.4) is 0 Å². The monoisotopic (exact) mass is 155 g/mol. The average Bonchev–Trinajstić information content (AvgIpc) is 2.37. The lowest BCUT2D eigenvalue weighted by molar-refractivity contribution is -0.119. The molecule has 1 N–H and O–H groups in total. The van der Waals surface area contributed by atoms with E-state index < -0.39 is 0 Å². The molecule has 0 radical (unpaired) electrons. The van der Waals surface area contributed by atoms with Crippen LogP contribution in [-0.4, -0.2) is 12.5 Å². The maximum Gasteiger partial charge on any atom is 0.220 e. The zero-order valence-electron chi connectivity index (χ0n) is 7.23. The highest BCUT2D eigenvalue weighted by molar-refractivity contribution is 5.78. The van der Waals surface area contributed by atoms with Crippen LogP contribution in [0, 0.1) is 5.92 Å². The molecule has 0 bridgehead atoms. The SMILES string of the molecule is CCCCC[C@H]1CNC(=O)C1. The molecular weight excluding hydrogens is 138 g/mol. The largest absolute Gasteiger partial charge is 0.356 e. The van der Waals surface area contributed by atoms with E-state index in [1.54, 1.807) is 0 Å². The molecule has 0 aromatic carbocycles. The number of amides is 1. The van der Waals surface area contributed by atoms with Gasteiger partial charge in [-0.05, 0) is 12.3 Å². The van der Waals surface area contributed by atoms with Gasteiger partial charge in [-0.25, -0.2) is 0 Å². The van der Waals surface area contributed by atoms with Crippen LogP contribution < -0.4 is 5.32 Å². The van der Waals surface area contributed by atoms with Crippen molar-refractivity contribution in [3.8, 4) is 0 Å². The Labute approximate surface area is 68.4 Å². The zero-order valence-corrected chi connectivity index (χ0v) is 7.23. The van der Waals surface area contributed by atoms with Gasteiger partial charge >= 0.3 is 0 Å². The lowest BCUT2D eigenvalue weighted by Gasteiger charge is -2.04. The Morgan fingerprint density at radius 3 is 2.91 bits per heavy atom. The molecule has 1 amide bonds. The summed E-state index contributed by atoms with van der Waals surface area (Å²) in [5.74, 6) is 0.876. The van der Waals surface area contributed by atoms with Crippen LogP contribution in [0.4, 0.5) is 0 Å². The first kappa shape index (κ1) is 8.57. The van der Waals surface area contributed by atoms with Gasteiger partial charge in [-0.1, -0.05) is 26.2 Å². The van der Waals surface area contributed by atoms with Crippen molar-refractivity contribution in [3.63, 3.8) is 0 Å². The van der Waals surface area contributed by atoms with Crippen molar-refractivity contribution < 1.29 is 4.79 Å². The van der Waals surface area contributed by atoms with Crippen LogP contribution in [0.15, 0.2) is 0 Å². The summed E-state index contributed by atoms with van der Waals surface area (Å²) in [4.78, 5) is 10.8. The van der Waals surface area contributed by atoms with Crippen LogP contribution in [0.25, 0.3) is 0 Å². The van der Waals surface area contributed by atoms with Gasteiger partial charge in [0, 0.05) is 13.0 Å². The maximum atomic E-state index is 10.8. The molecule has 1 aliphatic rings. The zero-order chi connectivity index (χ0) is 8.10. The van der Waals surface area contributed by atoms with Crippen LogP contribution >= 0.6 is 0 Å². The fraction of sp³-hybridized carbons (Fsp3) is 0.889. The Bertz CT molecular complexity index is 134. The maximum absolute atomic E-state index is 10.8. The van der Waals surface area contributed by atoms with E-state index in [1.165, 1.54) is 25.7 Å². The smallest absolute Gasteiger partial charge is 0.220 e. The molecule has 1 atom stereocenters. The van der Waals surface area contributed by atoms with E-state index in [2.05, 4.69) is 12.2 Å². The summed E-state index contributed by atoms with van der Waals surface area (Å²) in [7, 11) is 0. The lowest BCUT2D eigenvalue weighted by Crippen LogP contribution is -2.13. The second-order valence-electron chi connectivity index (χ2n) is 3.37. The Hall–Kier alpha value is -0.530. The topological polar surface area (TPSA) is 29.1 Å². The molecular formula is C9H17NO. The van der Waals surface area contributed by atoms with Gasteiger partial charge in [-0.2, -0.15) is 0 Å². The van der Waals surface area contributed by atoms with Crippen LogP contribution in [0.1, 0.15) is 39.0 Å². The molecule has 1 heterocycles. The molecule has 1 aliphatic heterocycles. The van der Waals surface area contributed by atoms with Crippen LogP contribution in [0.2, 0.25) is 0 Å². The van der Waals surface area contributed by atoms with Crippen LogP contribution in [0.5, 0.6) is 0 Å². The molecule has 1 fully saturated rings. The van der Waals surface area contributed by atoms with E-state index in [0.29, 0.717) is 5.92 Å². The fourth-order valence-electron chi connectivity index (χ4n) is 1.55. The highest BCUT2D eigenvalue weighted by Gasteiger charge is 2.20. The minimum atomic E-state index is 0.242. The van der Waals surface area contributed by atoms with Gasteiger partial charge in [0.25, 0.3) is 0 Å². The van der Waals surface area contributed by atoms with E-state index in [1.807, 2.05) is 0 Å². The number of hydrogen-bond acceptors (Lipinski definition) is 1. The van der Waals surface area contributed by atoms with Gasteiger partial charge in [-0.3, -0.25) is 4.79 Å². The molecule has 0 aromatic heterocycles. The van der Waals surface area contributed by atoms with Gasteiger partial charge < -0.3 is 5.32 Å². The summed E-state index contributed by atoms with van der Waals surface area (Å²) >= 11 is 0. The molecule has 0 aliphatic carbocycles. The molecule has 0 aromatic rings. The molecule has 1 saturated heterocycles. The summed E-state index contributed by atoms with van der Waals surface area (Å²) in [6.45, 7) is 3.13. The van der Waals surface area contributed by atoms with Gasteiger partial charge in [0.1, 0.15) is 0 Å². The first-order valence-electron chi connectivity index (χ1n) is 4.59. The van der Waals surface area contributed by atoms with Crippen molar-refractivity contribution in [2.24, 2.45) is 5.92 Å². The Balaban J connectivity index is 2.04. The molecule has 11 heavy (non-hydrogen) atoms. The van der Waals surface area contributed by atoms with E-state index >= 15 is 0 Å². The number of hydrogen-bond donors (Lipinski definition) is 1. The standard InChI is InChI=1S/C9H17NO/c1-2-3-4-5-8-6-9(11)10-7-8/h8H,2-7H2,1H3,(H,10,11)/t8-/m1/s1. The van der Waals surface area contributed by atoms with Crippen LogP contribution in [-0.2, 0) is 4.79 Å². The summed E-state index contributed by atoms with van der Waals surface area (Å²) in [6, 6.07) is 0. The predicted molar refractivity (Wildman–Crippen MR) is 45.3 cm³/mol. The Kier molecular flexibility index (Phi) is 3.40. The van der Waals surface area contributed by atoms with E-state index in [4.69, 9.17) is 0 Å². The van der Waals surface area contributed by atoms with Crippen molar-refractivity contribution in [1.29, 1.82) is 0 Å². The number of unbranched alkanes of at least 4 members (excludes halogenated alkanes) is 2. The molecule has 64 valence electrons. The number of carbonyl (C=O) groups excluding carboxylic acids is 1. The van der Waals surface area contributed by atoms with E-state index in [0.717, 1.165) is 13.0 Å². The van der Waals surface area contributed by atoms with Crippen molar-refractivity contribution in [3.05, 3.63) is 0 Å². The normalized spacial score (nSPS) is 23.7. The van der Waals surface area contributed by atoms with Gasteiger partial charge in [-0.15, -0.1) is 0 Å². The van der Waals surface area contributed by atoms with Crippen molar-refractivity contribution >= 4 is 5.91 Å². The minimum Gasteiger partial charge on any atom is -0.356 e. The first-order valence-corrected chi connectivity index (χ1v) is 4.59. The van der Waals surface area contributed by atoms with Gasteiger partial charge in [0.2, 0.25) is 5.91 Å². The van der Waals surface area contributed by atoms with Crippen molar-refractivity contribution in [1.82, 2.24) is 5.32 Å². The quantitative estimate of drug-likeness (QED) is 0.615. The lowest BCUT2D eigenvalue weighted by atomic mass is 10.0. The highest BCUT2D eigenvalue weighted by Crippen LogP contribution is 2.16. The Morgan fingerprint density at radius 2 is 2.36 bits per heavy atom. The Morgan fingerprint density at radius 1 is 1.55 bits per heavy atom.